The van der Waals surface area contributed by atoms with Crippen LogP contribution in [-0.4, -0.2) is 23.6 Å². The van der Waals surface area contributed by atoms with E-state index in [1.54, 1.807) is 24.3 Å². The van der Waals surface area contributed by atoms with Gasteiger partial charge in [0.25, 0.3) is 5.91 Å². The van der Waals surface area contributed by atoms with Gasteiger partial charge in [-0.25, -0.2) is 0 Å². The number of benzene rings is 1. The molecule has 4 rings (SSSR count). The topological polar surface area (TPSA) is 64.3 Å². The maximum absolute atomic E-state index is 11.9. The molecule has 3 aliphatic rings. The van der Waals surface area contributed by atoms with E-state index in [1.807, 2.05) is 0 Å². The van der Waals surface area contributed by atoms with Gasteiger partial charge in [-0.15, -0.1) is 0 Å². The van der Waals surface area contributed by atoms with Gasteiger partial charge in [0.2, 0.25) is 0 Å². The molecule has 0 unspecified atom stereocenters. The number of nitrogens with one attached hydrogen (secondary N) is 1. The van der Waals surface area contributed by atoms with Gasteiger partial charge < -0.3 is 15.8 Å². The van der Waals surface area contributed by atoms with Crippen molar-refractivity contribution in [3.63, 3.8) is 0 Å². The van der Waals surface area contributed by atoms with Crippen molar-refractivity contribution >= 4 is 17.5 Å². The van der Waals surface area contributed by atoms with Crippen molar-refractivity contribution in [1.29, 1.82) is 0 Å². The van der Waals surface area contributed by atoms with Crippen molar-refractivity contribution < 1.29 is 9.53 Å². The van der Waals surface area contributed by atoms with E-state index >= 15 is 0 Å². The Balaban J connectivity index is 1.49. The molecule has 102 valence electrons. The Labute approximate surface area is 117 Å². The second-order valence-electron chi connectivity index (χ2n) is 5.79. The predicted octanol–water partition coefficient (Wildman–Crippen LogP) is 1.86. The van der Waals surface area contributed by atoms with Crippen molar-refractivity contribution in [1.82, 2.24) is 5.32 Å². The van der Waals surface area contributed by atoms with Crippen LogP contribution >= 0.6 is 11.6 Å². The highest BCUT2D eigenvalue weighted by Crippen LogP contribution is 2.53. The molecule has 3 aliphatic carbocycles. The maximum Gasteiger partial charge on any atom is 0.258 e. The monoisotopic (exact) mass is 280 g/mol. The van der Waals surface area contributed by atoms with Crippen LogP contribution in [0.1, 0.15) is 25.7 Å². The summed E-state index contributed by atoms with van der Waals surface area (Å²) in [6, 6.07) is 6.97. The zero-order valence-corrected chi connectivity index (χ0v) is 11.4. The lowest BCUT2D eigenvalue weighted by atomic mass is 9.72. The van der Waals surface area contributed by atoms with Crippen LogP contribution in [0.25, 0.3) is 0 Å². The van der Waals surface area contributed by atoms with Crippen LogP contribution in [0.3, 0.4) is 0 Å². The molecule has 1 amide bonds. The molecule has 2 bridgehead atoms. The summed E-state index contributed by atoms with van der Waals surface area (Å²) in [5, 5.41) is 3.71. The molecule has 0 radical (unpaired) electrons. The molecule has 3 saturated carbocycles. The lowest BCUT2D eigenvalue weighted by Crippen LogP contribution is -2.62. The van der Waals surface area contributed by atoms with E-state index in [2.05, 4.69) is 5.32 Å². The Bertz CT molecular complexity index is 495. The van der Waals surface area contributed by atoms with E-state index in [0.717, 1.165) is 25.7 Å². The smallest absolute Gasteiger partial charge is 0.258 e. The van der Waals surface area contributed by atoms with Gasteiger partial charge in [-0.05, 0) is 49.9 Å². The number of carbonyl (C=O) groups excluding carboxylic acids is 1. The molecule has 0 aromatic heterocycles. The first-order chi connectivity index (χ1) is 8.99. The second kappa shape index (κ2) is 4.39. The molecule has 0 atom stereocenters. The first kappa shape index (κ1) is 12.8. The van der Waals surface area contributed by atoms with Crippen molar-refractivity contribution in [2.24, 2.45) is 5.73 Å². The third kappa shape index (κ3) is 2.55. The molecule has 19 heavy (non-hydrogen) atoms. The van der Waals surface area contributed by atoms with Gasteiger partial charge in [-0.1, -0.05) is 11.6 Å². The Hall–Kier alpha value is -1.26. The van der Waals surface area contributed by atoms with E-state index < -0.39 is 0 Å². The number of carbonyl (C=O) groups is 1. The van der Waals surface area contributed by atoms with Crippen LogP contribution in [0.15, 0.2) is 24.3 Å². The van der Waals surface area contributed by atoms with Crippen molar-refractivity contribution in [3.05, 3.63) is 29.3 Å². The Kier molecular flexibility index (Phi) is 2.95. The van der Waals surface area contributed by atoms with Gasteiger partial charge in [0.1, 0.15) is 5.75 Å². The third-order valence-electron chi connectivity index (χ3n) is 4.07. The Morgan fingerprint density at radius 1 is 1.32 bits per heavy atom. The molecule has 0 aliphatic heterocycles. The standard InChI is InChI=1S/C14H17ClN2O2/c15-10-1-3-11(4-2-10)19-7-12(18)17-14-6-5-13(16,8-14)9-14/h1-4H,5-9,16H2,(H,17,18). The van der Waals surface area contributed by atoms with E-state index in [9.17, 15) is 4.79 Å². The summed E-state index contributed by atoms with van der Waals surface area (Å²) in [5.41, 5.74) is 6.00. The number of hydrogen-bond donors (Lipinski definition) is 2. The number of hydrogen-bond acceptors (Lipinski definition) is 3. The predicted molar refractivity (Wildman–Crippen MR) is 73.2 cm³/mol. The normalized spacial score (nSPS) is 31.7. The van der Waals surface area contributed by atoms with Gasteiger partial charge in [0, 0.05) is 16.1 Å². The molecule has 0 heterocycles. The van der Waals surface area contributed by atoms with E-state index in [1.165, 1.54) is 0 Å². The van der Waals surface area contributed by atoms with Crippen LogP contribution in [0, 0.1) is 0 Å². The molecule has 1 aromatic carbocycles. The molecule has 5 heteroatoms. The zero-order valence-electron chi connectivity index (χ0n) is 10.6. The maximum atomic E-state index is 11.9. The number of halogens is 1. The molecule has 0 saturated heterocycles. The number of ether oxygens (including phenoxy) is 1. The van der Waals surface area contributed by atoms with Gasteiger partial charge in [0.15, 0.2) is 6.61 Å². The summed E-state index contributed by atoms with van der Waals surface area (Å²) in [7, 11) is 0. The second-order valence-corrected chi connectivity index (χ2v) is 6.22. The molecule has 3 fully saturated rings. The summed E-state index contributed by atoms with van der Waals surface area (Å²) < 4.78 is 5.42. The molecule has 4 nitrogen and oxygen atoms in total. The van der Waals surface area contributed by atoms with E-state index in [4.69, 9.17) is 22.1 Å². The first-order valence-electron chi connectivity index (χ1n) is 6.47. The van der Waals surface area contributed by atoms with Crippen molar-refractivity contribution in [3.8, 4) is 5.75 Å². The van der Waals surface area contributed by atoms with Gasteiger partial charge in [-0.3, -0.25) is 4.79 Å². The lowest BCUT2D eigenvalue weighted by Gasteiger charge is -2.45. The number of nitrogens with two attached hydrogens (primary N) is 1. The summed E-state index contributed by atoms with van der Waals surface area (Å²) >= 11 is 5.78. The fourth-order valence-corrected chi connectivity index (χ4v) is 3.43. The van der Waals surface area contributed by atoms with Crippen LogP contribution in [0.4, 0.5) is 0 Å². The van der Waals surface area contributed by atoms with Gasteiger partial charge >= 0.3 is 0 Å². The Morgan fingerprint density at radius 2 is 2.00 bits per heavy atom. The van der Waals surface area contributed by atoms with Crippen molar-refractivity contribution in [2.45, 2.75) is 36.8 Å². The highest BCUT2D eigenvalue weighted by Gasteiger charge is 2.59. The summed E-state index contributed by atoms with van der Waals surface area (Å²) in [4.78, 5) is 11.9. The lowest BCUT2D eigenvalue weighted by molar-refractivity contribution is -0.126. The summed E-state index contributed by atoms with van der Waals surface area (Å²) in [5.74, 6) is 0.559. The molecule has 0 spiro atoms. The highest BCUT2D eigenvalue weighted by molar-refractivity contribution is 6.30. The molecule has 3 N–H and O–H groups in total. The summed E-state index contributed by atoms with van der Waals surface area (Å²) in [6.07, 6.45) is 3.78. The largest absolute Gasteiger partial charge is 0.484 e. The minimum absolute atomic E-state index is 0.0235. The number of amides is 1. The highest BCUT2D eigenvalue weighted by atomic mass is 35.5. The average molecular weight is 281 g/mol. The molecular weight excluding hydrogens is 264 g/mol. The quantitative estimate of drug-likeness (QED) is 0.885. The Morgan fingerprint density at radius 3 is 2.58 bits per heavy atom. The van der Waals surface area contributed by atoms with Crippen molar-refractivity contribution in [2.75, 3.05) is 6.61 Å². The van der Waals surface area contributed by atoms with Crippen LogP contribution in [-0.2, 0) is 4.79 Å². The molecule has 1 aromatic rings. The molecular formula is C14H17ClN2O2. The first-order valence-corrected chi connectivity index (χ1v) is 6.85. The minimum Gasteiger partial charge on any atom is -0.484 e. The van der Waals surface area contributed by atoms with E-state index in [-0.39, 0.29) is 23.6 Å². The average Bonchev–Trinajstić information content (AvgIpc) is 2.81. The minimum atomic E-state index is -0.0844. The zero-order chi connectivity index (χ0) is 13.5. The summed E-state index contributed by atoms with van der Waals surface area (Å²) in [6.45, 7) is 0.0287. The van der Waals surface area contributed by atoms with Crippen LogP contribution in [0.5, 0.6) is 5.75 Å². The van der Waals surface area contributed by atoms with Crippen LogP contribution < -0.4 is 15.8 Å². The SMILES string of the molecule is NC12CCC(NC(=O)COc3ccc(Cl)cc3)(C1)C2. The van der Waals surface area contributed by atoms with Gasteiger partial charge in [0.05, 0.1) is 0 Å². The van der Waals surface area contributed by atoms with Crippen LogP contribution in [0.2, 0.25) is 5.02 Å². The fourth-order valence-electron chi connectivity index (χ4n) is 3.30. The number of fused-ring (bicyclic) bond motifs is 1. The van der Waals surface area contributed by atoms with E-state index in [0.29, 0.717) is 10.8 Å². The fraction of sp³-hybridized carbons (Fsp3) is 0.500. The van der Waals surface area contributed by atoms with Gasteiger partial charge in [-0.2, -0.15) is 0 Å². The number of rotatable bonds is 4. The third-order valence-corrected chi connectivity index (χ3v) is 4.32.